The highest BCUT2D eigenvalue weighted by Gasteiger charge is 2.36. The molecule has 1 aliphatic carbocycles. The van der Waals surface area contributed by atoms with Gasteiger partial charge in [0.2, 0.25) is 5.88 Å². The summed E-state index contributed by atoms with van der Waals surface area (Å²) in [5.41, 5.74) is 1.01. The molecule has 1 aromatic carbocycles. The lowest BCUT2D eigenvalue weighted by molar-refractivity contribution is -0.110. The Morgan fingerprint density at radius 2 is 1.97 bits per heavy atom. The van der Waals surface area contributed by atoms with E-state index in [1.54, 1.807) is 38.3 Å². The fourth-order valence-electron chi connectivity index (χ4n) is 3.98. The number of pyridine rings is 1. The zero-order valence-corrected chi connectivity index (χ0v) is 22.7. The Kier molecular flexibility index (Phi) is 7.88. The van der Waals surface area contributed by atoms with Crippen LogP contribution in [-0.2, 0) is 24.2 Å². The standard InChI is InChI=1S/C25H29N5O6S2/c1-15(14-34-2)36-30-22(16-3-5-18(6-4-16)38(32,33)19-7-8-19)23(31)29-25-27-20-9-10-21(28-24(20)37-25)35-17-11-12-26-13-17/h3-6,9-10,15,17,19,26H,7-8,11-14H2,1-2H3,(H,27,29,31)/t15-,17-/m1/s1. The second-order valence-electron chi connectivity index (χ2n) is 9.26. The summed E-state index contributed by atoms with van der Waals surface area (Å²) >= 11 is 1.21. The summed E-state index contributed by atoms with van der Waals surface area (Å²) in [6.45, 7) is 3.74. The van der Waals surface area contributed by atoms with Gasteiger partial charge in [-0.15, -0.1) is 0 Å². The first-order chi connectivity index (χ1) is 18.3. The molecule has 11 nitrogen and oxygen atoms in total. The van der Waals surface area contributed by atoms with Crippen molar-refractivity contribution in [1.82, 2.24) is 15.3 Å². The van der Waals surface area contributed by atoms with E-state index < -0.39 is 21.8 Å². The van der Waals surface area contributed by atoms with Gasteiger partial charge in [0, 0.05) is 25.3 Å². The number of oxime groups is 1. The number of rotatable bonds is 11. The van der Waals surface area contributed by atoms with Gasteiger partial charge in [-0.2, -0.15) is 0 Å². The summed E-state index contributed by atoms with van der Waals surface area (Å²) in [6, 6.07) is 9.66. The van der Waals surface area contributed by atoms with Gasteiger partial charge in [0.15, 0.2) is 20.7 Å². The number of carbonyl (C=O) groups excluding carboxylic acids is 1. The molecule has 1 aliphatic heterocycles. The number of anilines is 1. The molecule has 0 unspecified atom stereocenters. The lowest BCUT2D eigenvalue weighted by Crippen LogP contribution is -2.25. The number of carbonyl (C=O) groups is 1. The zero-order chi connectivity index (χ0) is 26.7. The third kappa shape index (κ3) is 6.12. The molecule has 0 radical (unpaired) electrons. The Morgan fingerprint density at radius 1 is 1.18 bits per heavy atom. The van der Waals surface area contributed by atoms with E-state index in [0.29, 0.717) is 39.8 Å². The molecule has 202 valence electrons. The average molecular weight is 560 g/mol. The van der Waals surface area contributed by atoms with Gasteiger partial charge in [0.1, 0.15) is 22.6 Å². The van der Waals surface area contributed by atoms with Crippen LogP contribution < -0.4 is 15.4 Å². The topological polar surface area (TPSA) is 141 Å². The first-order valence-corrected chi connectivity index (χ1v) is 14.7. The van der Waals surface area contributed by atoms with Crippen LogP contribution in [0.4, 0.5) is 5.13 Å². The Bertz CT molecular complexity index is 1430. The van der Waals surface area contributed by atoms with E-state index >= 15 is 0 Å². The molecule has 0 spiro atoms. The fourth-order valence-corrected chi connectivity index (χ4v) is 6.46. The molecule has 1 saturated carbocycles. The van der Waals surface area contributed by atoms with Gasteiger partial charge in [-0.1, -0.05) is 28.6 Å². The third-order valence-electron chi connectivity index (χ3n) is 6.11. The van der Waals surface area contributed by atoms with Crippen molar-refractivity contribution >= 4 is 48.3 Å². The summed E-state index contributed by atoms with van der Waals surface area (Å²) in [5, 5.41) is 10.1. The molecule has 2 N–H and O–H groups in total. The SMILES string of the molecule is COC[C@@H](C)ON=C(C(=O)Nc1nc2ccc(O[C@@H]3CCNC3)nc2s1)c1ccc(S(=O)(=O)C2CC2)cc1. The Hall–Kier alpha value is -3.13. The van der Waals surface area contributed by atoms with Gasteiger partial charge in [-0.3, -0.25) is 10.1 Å². The quantitative estimate of drug-likeness (QED) is 0.268. The highest BCUT2D eigenvalue weighted by Crippen LogP contribution is 2.33. The van der Waals surface area contributed by atoms with Crippen LogP contribution in [0, 0.1) is 0 Å². The number of hydrogen-bond donors (Lipinski definition) is 2. The summed E-state index contributed by atoms with van der Waals surface area (Å²) < 4.78 is 36.1. The number of fused-ring (bicyclic) bond motifs is 1. The van der Waals surface area contributed by atoms with Crippen molar-refractivity contribution in [2.75, 3.05) is 32.1 Å². The number of nitrogens with zero attached hydrogens (tertiary/aromatic N) is 3. The highest BCUT2D eigenvalue weighted by atomic mass is 32.2. The van der Waals surface area contributed by atoms with Crippen LogP contribution >= 0.6 is 11.3 Å². The van der Waals surface area contributed by atoms with Crippen molar-refractivity contribution in [2.45, 2.75) is 48.5 Å². The molecule has 0 bridgehead atoms. The minimum atomic E-state index is -3.35. The summed E-state index contributed by atoms with van der Waals surface area (Å²) in [6.07, 6.45) is 1.94. The van der Waals surface area contributed by atoms with Crippen LogP contribution in [0.3, 0.4) is 0 Å². The monoisotopic (exact) mass is 559 g/mol. The molecule has 13 heteroatoms. The molecular formula is C25H29N5O6S2. The van der Waals surface area contributed by atoms with Gasteiger partial charge < -0.3 is 19.6 Å². The fraction of sp³-hybridized carbons (Fsp3) is 0.440. The van der Waals surface area contributed by atoms with Crippen LogP contribution in [0.2, 0.25) is 0 Å². The zero-order valence-electron chi connectivity index (χ0n) is 21.0. The van der Waals surface area contributed by atoms with Crippen LogP contribution in [-0.4, -0.2) is 74.3 Å². The maximum Gasteiger partial charge on any atom is 0.280 e. The van der Waals surface area contributed by atoms with Gasteiger partial charge >= 0.3 is 0 Å². The van der Waals surface area contributed by atoms with Gasteiger partial charge in [0.25, 0.3) is 5.91 Å². The predicted molar refractivity (Wildman–Crippen MR) is 144 cm³/mol. The lowest BCUT2D eigenvalue weighted by Gasteiger charge is -2.11. The normalized spacial score (nSPS) is 18.9. The van der Waals surface area contributed by atoms with E-state index in [1.807, 2.05) is 0 Å². The summed E-state index contributed by atoms with van der Waals surface area (Å²) in [5.74, 6) is -0.0447. The molecule has 5 rings (SSSR count). The van der Waals surface area contributed by atoms with Crippen molar-refractivity contribution in [2.24, 2.45) is 5.16 Å². The molecule has 2 aromatic heterocycles. The van der Waals surface area contributed by atoms with Crippen molar-refractivity contribution in [3.8, 4) is 5.88 Å². The number of methoxy groups -OCH3 is 1. The number of aromatic nitrogens is 2. The second-order valence-corrected chi connectivity index (χ2v) is 12.5. The third-order valence-corrected chi connectivity index (χ3v) is 9.27. The Balaban J connectivity index is 1.35. The second kappa shape index (κ2) is 11.3. The predicted octanol–water partition coefficient (Wildman–Crippen LogP) is 2.76. The minimum absolute atomic E-state index is 0.0201. The Labute approximate surface area is 224 Å². The van der Waals surface area contributed by atoms with Crippen molar-refractivity contribution in [1.29, 1.82) is 0 Å². The molecule has 38 heavy (non-hydrogen) atoms. The lowest BCUT2D eigenvalue weighted by atomic mass is 10.1. The largest absolute Gasteiger partial charge is 0.473 e. The number of thiazole rings is 1. The molecular weight excluding hydrogens is 530 g/mol. The summed E-state index contributed by atoms with van der Waals surface area (Å²) in [7, 11) is -1.81. The minimum Gasteiger partial charge on any atom is -0.473 e. The van der Waals surface area contributed by atoms with Crippen LogP contribution in [0.25, 0.3) is 10.3 Å². The van der Waals surface area contributed by atoms with Crippen molar-refractivity contribution in [3.05, 3.63) is 42.0 Å². The maximum absolute atomic E-state index is 13.3. The number of sulfone groups is 1. The van der Waals surface area contributed by atoms with E-state index in [1.165, 1.54) is 23.5 Å². The smallest absolute Gasteiger partial charge is 0.280 e. The molecule has 2 fully saturated rings. The van der Waals surface area contributed by atoms with Crippen LogP contribution in [0.15, 0.2) is 46.4 Å². The maximum atomic E-state index is 13.3. The van der Waals surface area contributed by atoms with E-state index in [9.17, 15) is 13.2 Å². The molecule has 1 saturated heterocycles. The van der Waals surface area contributed by atoms with Crippen molar-refractivity contribution in [3.63, 3.8) is 0 Å². The van der Waals surface area contributed by atoms with Crippen LogP contribution in [0.1, 0.15) is 31.7 Å². The average Bonchev–Trinajstić information content (AvgIpc) is 3.51. The molecule has 3 aromatic rings. The Morgan fingerprint density at radius 3 is 2.66 bits per heavy atom. The molecule has 2 aliphatic rings. The van der Waals surface area contributed by atoms with Gasteiger partial charge in [0.05, 0.1) is 16.8 Å². The highest BCUT2D eigenvalue weighted by molar-refractivity contribution is 7.92. The van der Waals surface area contributed by atoms with E-state index in [4.69, 9.17) is 14.3 Å². The molecule has 1 amide bonds. The first kappa shape index (κ1) is 26.5. The summed E-state index contributed by atoms with van der Waals surface area (Å²) in [4.78, 5) is 28.6. The number of amides is 1. The number of hydrogen-bond acceptors (Lipinski definition) is 11. The van der Waals surface area contributed by atoms with E-state index in [2.05, 4.69) is 25.8 Å². The van der Waals surface area contributed by atoms with Crippen LogP contribution in [0.5, 0.6) is 5.88 Å². The van der Waals surface area contributed by atoms with E-state index in [0.717, 1.165) is 19.5 Å². The van der Waals surface area contributed by atoms with Crippen molar-refractivity contribution < 1.29 is 27.5 Å². The first-order valence-electron chi connectivity index (χ1n) is 12.4. The molecule has 2 atom stereocenters. The number of ether oxygens (including phenoxy) is 2. The van der Waals surface area contributed by atoms with E-state index in [-0.39, 0.29) is 28.6 Å². The number of nitrogens with one attached hydrogen (secondary N) is 2. The van der Waals surface area contributed by atoms with Gasteiger partial charge in [-0.25, -0.2) is 18.4 Å². The number of benzene rings is 1. The van der Waals surface area contributed by atoms with Gasteiger partial charge in [-0.05, 0) is 50.9 Å². The molecule has 3 heterocycles.